The third-order valence-electron chi connectivity index (χ3n) is 5.65. The van der Waals surface area contributed by atoms with Gasteiger partial charge in [-0.15, -0.1) is 11.3 Å². The number of benzene rings is 1. The lowest BCUT2D eigenvalue weighted by Gasteiger charge is -2.49. The number of ether oxygens (including phenoxy) is 1. The van der Waals surface area contributed by atoms with Crippen LogP contribution in [0.2, 0.25) is 0 Å². The van der Waals surface area contributed by atoms with E-state index in [2.05, 4.69) is 7.05 Å². The third-order valence-corrected chi connectivity index (χ3v) is 6.55. The SMILES string of the molecule is C[N+]12CCC(CC1)[C@@H](OC(=O)N(Cc1ccccc1)c1cccs1)C2. The number of hydrogen-bond acceptors (Lipinski definition) is 3. The first-order valence-electron chi connectivity index (χ1n) is 9.02. The molecule has 3 aliphatic heterocycles. The van der Waals surface area contributed by atoms with Crippen LogP contribution in [0.15, 0.2) is 47.8 Å². The molecule has 5 rings (SSSR count). The number of amides is 1. The van der Waals surface area contributed by atoms with Crippen LogP contribution in [-0.2, 0) is 11.3 Å². The van der Waals surface area contributed by atoms with Crippen molar-refractivity contribution in [1.82, 2.24) is 0 Å². The van der Waals surface area contributed by atoms with E-state index >= 15 is 0 Å². The lowest BCUT2D eigenvalue weighted by atomic mass is 9.84. The van der Waals surface area contributed by atoms with Crippen LogP contribution in [0.4, 0.5) is 9.80 Å². The molecule has 1 atom stereocenters. The molecule has 0 N–H and O–H groups in total. The molecule has 1 aromatic heterocycles. The number of likely N-dealkylation sites (N-methyl/N-ethyl adjacent to an activating group) is 1. The van der Waals surface area contributed by atoms with E-state index in [0.717, 1.165) is 21.6 Å². The van der Waals surface area contributed by atoms with Crippen LogP contribution >= 0.6 is 11.3 Å². The Bertz CT molecular complexity index is 709. The third kappa shape index (κ3) is 3.58. The smallest absolute Gasteiger partial charge is 0.415 e. The summed E-state index contributed by atoms with van der Waals surface area (Å²) in [5, 5.41) is 2.94. The van der Waals surface area contributed by atoms with Crippen molar-refractivity contribution in [3.8, 4) is 0 Å². The van der Waals surface area contributed by atoms with Gasteiger partial charge in [-0.25, -0.2) is 4.79 Å². The molecule has 2 aromatic rings. The number of piperidine rings is 3. The van der Waals surface area contributed by atoms with Crippen LogP contribution in [-0.4, -0.2) is 43.4 Å². The van der Waals surface area contributed by atoms with Gasteiger partial charge in [0.2, 0.25) is 0 Å². The topological polar surface area (TPSA) is 29.5 Å². The Labute approximate surface area is 153 Å². The minimum absolute atomic E-state index is 0.0539. The molecular formula is C20H25N2O2S+. The van der Waals surface area contributed by atoms with Crippen molar-refractivity contribution in [3.05, 3.63) is 53.4 Å². The monoisotopic (exact) mass is 357 g/mol. The fourth-order valence-corrected chi connectivity index (χ4v) is 4.82. The normalized spacial score (nSPS) is 27.9. The van der Waals surface area contributed by atoms with Crippen LogP contribution in [0.3, 0.4) is 0 Å². The molecule has 3 fully saturated rings. The van der Waals surface area contributed by atoms with Gasteiger partial charge in [-0.2, -0.15) is 0 Å². The quantitative estimate of drug-likeness (QED) is 0.770. The largest absolute Gasteiger partial charge is 0.439 e. The van der Waals surface area contributed by atoms with Gasteiger partial charge in [-0.1, -0.05) is 30.3 Å². The summed E-state index contributed by atoms with van der Waals surface area (Å²) in [4.78, 5) is 14.8. The van der Waals surface area contributed by atoms with Crippen molar-refractivity contribution in [2.45, 2.75) is 25.5 Å². The van der Waals surface area contributed by atoms with E-state index in [1.54, 1.807) is 16.2 Å². The summed E-state index contributed by atoms with van der Waals surface area (Å²) >= 11 is 1.58. The predicted molar refractivity (Wildman–Crippen MR) is 101 cm³/mol. The van der Waals surface area contributed by atoms with Gasteiger partial charge in [-0.05, 0) is 23.1 Å². The molecule has 0 radical (unpaired) electrons. The Morgan fingerprint density at radius 2 is 1.96 bits per heavy atom. The maximum absolute atomic E-state index is 13.0. The molecule has 0 saturated carbocycles. The maximum Gasteiger partial charge on any atom is 0.415 e. The van der Waals surface area contributed by atoms with E-state index in [0.29, 0.717) is 12.5 Å². The number of nitrogens with zero attached hydrogens (tertiary/aromatic N) is 2. The molecule has 3 aliphatic rings. The minimum atomic E-state index is -0.211. The molecular weight excluding hydrogens is 332 g/mol. The molecule has 4 heterocycles. The molecule has 0 spiro atoms. The Balaban J connectivity index is 1.50. The summed E-state index contributed by atoms with van der Waals surface area (Å²) in [6.45, 7) is 3.94. The highest BCUT2D eigenvalue weighted by molar-refractivity contribution is 7.14. The van der Waals surface area contributed by atoms with E-state index in [1.165, 1.54) is 25.9 Å². The molecule has 132 valence electrons. The number of thiophene rings is 1. The van der Waals surface area contributed by atoms with E-state index in [-0.39, 0.29) is 12.2 Å². The van der Waals surface area contributed by atoms with E-state index < -0.39 is 0 Å². The zero-order chi connectivity index (χ0) is 17.3. The van der Waals surface area contributed by atoms with Crippen LogP contribution in [0.25, 0.3) is 0 Å². The fraction of sp³-hybridized carbons (Fsp3) is 0.450. The molecule has 1 aromatic carbocycles. The molecule has 3 saturated heterocycles. The Morgan fingerprint density at radius 1 is 1.20 bits per heavy atom. The van der Waals surface area contributed by atoms with Crippen molar-refractivity contribution in [2.75, 3.05) is 31.6 Å². The van der Waals surface area contributed by atoms with Gasteiger partial charge >= 0.3 is 6.09 Å². The summed E-state index contributed by atoms with van der Waals surface area (Å²) in [5.74, 6) is 0.533. The molecule has 0 unspecified atom stereocenters. The summed E-state index contributed by atoms with van der Waals surface area (Å²) in [6.07, 6.45) is 2.19. The van der Waals surface area contributed by atoms with Gasteiger partial charge in [0.15, 0.2) is 6.10 Å². The predicted octanol–water partition coefficient (Wildman–Crippen LogP) is 4.13. The standard InChI is InChI=1S/C20H25N2O2S/c1-22-11-9-17(10-12-22)18(15-22)24-20(23)21(19-8-5-13-25-19)14-16-6-3-2-4-7-16/h2-8,13,17-18H,9-12,14-15H2,1H3/q+1/t17?,18-,22?/m0/s1. The van der Waals surface area contributed by atoms with Crippen LogP contribution < -0.4 is 4.90 Å². The van der Waals surface area contributed by atoms with Crippen molar-refractivity contribution < 1.29 is 14.0 Å². The highest BCUT2D eigenvalue weighted by atomic mass is 32.1. The zero-order valence-electron chi connectivity index (χ0n) is 14.6. The van der Waals surface area contributed by atoms with Crippen LogP contribution in [0, 0.1) is 5.92 Å². The van der Waals surface area contributed by atoms with Gasteiger partial charge in [0.05, 0.1) is 26.7 Å². The summed E-state index contributed by atoms with van der Waals surface area (Å²) in [5.41, 5.74) is 1.11. The Hall–Kier alpha value is -1.85. The molecule has 2 bridgehead atoms. The second kappa shape index (κ2) is 6.81. The van der Waals surface area contributed by atoms with Gasteiger partial charge in [0.25, 0.3) is 0 Å². The van der Waals surface area contributed by atoms with Crippen LogP contribution in [0.1, 0.15) is 18.4 Å². The second-order valence-electron chi connectivity index (χ2n) is 7.53. The second-order valence-corrected chi connectivity index (χ2v) is 8.46. The number of quaternary nitrogens is 1. The minimum Gasteiger partial charge on any atom is -0.439 e. The average Bonchev–Trinajstić information content (AvgIpc) is 3.15. The summed E-state index contributed by atoms with van der Waals surface area (Å²) in [6, 6.07) is 14.1. The lowest BCUT2D eigenvalue weighted by molar-refractivity contribution is -0.928. The summed E-state index contributed by atoms with van der Waals surface area (Å²) < 4.78 is 7.07. The highest BCUT2D eigenvalue weighted by Crippen LogP contribution is 2.35. The first kappa shape index (κ1) is 16.6. The lowest BCUT2D eigenvalue weighted by Crippen LogP contribution is -2.62. The Morgan fingerprint density at radius 3 is 2.60 bits per heavy atom. The van der Waals surface area contributed by atoms with E-state index in [1.807, 2.05) is 47.8 Å². The zero-order valence-corrected chi connectivity index (χ0v) is 15.5. The molecule has 5 heteroatoms. The van der Waals surface area contributed by atoms with Gasteiger partial charge in [-0.3, -0.25) is 4.90 Å². The van der Waals surface area contributed by atoms with Gasteiger partial charge < -0.3 is 9.22 Å². The molecule has 25 heavy (non-hydrogen) atoms. The average molecular weight is 357 g/mol. The number of carbonyl (C=O) groups is 1. The van der Waals surface area contributed by atoms with E-state index in [9.17, 15) is 4.79 Å². The molecule has 1 amide bonds. The highest BCUT2D eigenvalue weighted by Gasteiger charge is 2.45. The number of rotatable bonds is 4. The van der Waals surface area contributed by atoms with Crippen molar-refractivity contribution in [2.24, 2.45) is 5.92 Å². The van der Waals surface area contributed by atoms with E-state index in [4.69, 9.17) is 4.74 Å². The van der Waals surface area contributed by atoms with Crippen molar-refractivity contribution >= 4 is 22.4 Å². The number of hydrogen-bond donors (Lipinski definition) is 0. The van der Waals surface area contributed by atoms with Gasteiger partial charge in [0, 0.05) is 18.8 Å². The molecule has 0 aliphatic carbocycles. The van der Waals surface area contributed by atoms with Gasteiger partial charge in [0.1, 0.15) is 11.5 Å². The maximum atomic E-state index is 13.0. The number of carbonyl (C=O) groups excluding carboxylic acids is 1. The number of fused-ring (bicyclic) bond motifs is 3. The number of anilines is 1. The van der Waals surface area contributed by atoms with Crippen LogP contribution in [0.5, 0.6) is 0 Å². The first-order valence-corrected chi connectivity index (χ1v) is 9.90. The fourth-order valence-electron chi connectivity index (χ4n) is 4.10. The first-order chi connectivity index (χ1) is 12.1. The van der Waals surface area contributed by atoms with Crippen molar-refractivity contribution in [3.63, 3.8) is 0 Å². The Kier molecular flexibility index (Phi) is 4.52. The van der Waals surface area contributed by atoms with Crippen molar-refractivity contribution in [1.29, 1.82) is 0 Å². The summed E-state index contributed by atoms with van der Waals surface area (Å²) in [7, 11) is 2.29. The molecule has 4 nitrogen and oxygen atoms in total.